The van der Waals surface area contributed by atoms with E-state index in [0.29, 0.717) is 5.92 Å². The van der Waals surface area contributed by atoms with Crippen molar-refractivity contribution in [3.05, 3.63) is 12.7 Å². The largest absolute Gasteiger partial charge is 0.383 e. The molecule has 0 aromatic heterocycles. The highest BCUT2D eigenvalue weighted by atomic mass is 16.5. The number of hydrogen-bond donors (Lipinski definition) is 0. The highest BCUT2D eigenvalue weighted by molar-refractivity contribution is 4.86. The summed E-state index contributed by atoms with van der Waals surface area (Å²) in [5.41, 5.74) is 0. The summed E-state index contributed by atoms with van der Waals surface area (Å²) in [6.45, 7) is 10.6. The first-order chi connectivity index (χ1) is 6.77. The molecule has 14 heavy (non-hydrogen) atoms. The van der Waals surface area contributed by atoms with Gasteiger partial charge < -0.3 is 9.64 Å². The van der Waals surface area contributed by atoms with Gasteiger partial charge in [-0.05, 0) is 31.2 Å². The zero-order valence-corrected chi connectivity index (χ0v) is 9.54. The van der Waals surface area contributed by atoms with Crippen molar-refractivity contribution in [1.82, 2.24) is 4.90 Å². The quantitative estimate of drug-likeness (QED) is 0.640. The van der Waals surface area contributed by atoms with Crippen LogP contribution >= 0.6 is 0 Å². The maximum Gasteiger partial charge on any atom is 0.0589 e. The molecule has 1 rings (SSSR count). The number of methoxy groups -OCH3 is 1. The lowest BCUT2D eigenvalue weighted by molar-refractivity contribution is 0.141. The average Bonchev–Trinajstić information content (AvgIpc) is 2.36. The van der Waals surface area contributed by atoms with Crippen LogP contribution in [0.15, 0.2) is 12.7 Å². The van der Waals surface area contributed by atoms with Crippen molar-refractivity contribution in [1.29, 1.82) is 0 Å². The molecule has 0 spiro atoms. The lowest BCUT2D eigenvalue weighted by atomic mass is 9.91. The summed E-state index contributed by atoms with van der Waals surface area (Å²) in [7, 11) is 1.77. The molecule has 0 aromatic carbocycles. The van der Waals surface area contributed by atoms with E-state index in [0.717, 1.165) is 19.1 Å². The molecule has 0 aromatic rings. The Bertz CT molecular complexity index is 170. The second-order valence-electron chi connectivity index (χ2n) is 4.31. The van der Waals surface area contributed by atoms with Crippen LogP contribution in [0.2, 0.25) is 0 Å². The van der Waals surface area contributed by atoms with Crippen molar-refractivity contribution in [2.24, 2.45) is 11.8 Å². The third-order valence-corrected chi connectivity index (χ3v) is 3.20. The van der Waals surface area contributed by atoms with Crippen molar-refractivity contribution < 1.29 is 4.74 Å². The molecule has 82 valence electrons. The Kier molecular flexibility index (Phi) is 5.20. The van der Waals surface area contributed by atoms with Crippen LogP contribution in [0.25, 0.3) is 0 Å². The summed E-state index contributed by atoms with van der Waals surface area (Å²) in [6.07, 6.45) is 4.73. The molecule has 2 atom stereocenters. The predicted molar refractivity (Wildman–Crippen MR) is 60.4 cm³/mol. The minimum Gasteiger partial charge on any atom is -0.383 e. The summed E-state index contributed by atoms with van der Waals surface area (Å²) >= 11 is 0. The van der Waals surface area contributed by atoms with E-state index in [1.54, 1.807) is 7.11 Å². The molecule has 0 bridgehead atoms. The Morgan fingerprint density at radius 2 is 2.36 bits per heavy atom. The van der Waals surface area contributed by atoms with Crippen molar-refractivity contribution >= 4 is 0 Å². The third kappa shape index (κ3) is 3.43. The number of likely N-dealkylation sites (tertiary alicyclic amines) is 1. The molecule has 2 nitrogen and oxygen atoms in total. The van der Waals surface area contributed by atoms with Gasteiger partial charge in [0, 0.05) is 20.2 Å². The highest BCUT2D eigenvalue weighted by Gasteiger charge is 2.20. The Balaban J connectivity index is 2.38. The van der Waals surface area contributed by atoms with Crippen molar-refractivity contribution in [3.8, 4) is 0 Å². The van der Waals surface area contributed by atoms with Crippen LogP contribution in [0.1, 0.15) is 19.8 Å². The van der Waals surface area contributed by atoms with Gasteiger partial charge in [0.1, 0.15) is 0 Å². The van der Waals surface area contributed by atoms with Gasteiger partial charge in [-0.15, -0.1) is 6.58 Å². The topological polar surface area (TPSA) is 12.5 Å². The van der Waals surface area contributed by atoms with E-state index in [1.165, 1.54) is 25.9 Å². The number of nitrogens with zero attached hydrogens (tertiary/aromatic N) is 1. The Hall–Kier alpha value is -0.340. The highest BCUT2D eigenvalue weighted by Crippen LogP contribution is 2.23. The molecule has 1 aliphatic heterocycles. The first kappa shape index (κ1) is 11.7. The van der Waals surface area contributed by atoms with Gasteiger partial charge >= 0.3 is 0 Å². The molecular weight excluding hydrogens is 174 g/mol. The molecule has 0 radical (unpaired) electrons. The summed E-state index contributed by atoms with van der Waals surface area (Å²) in [6, 6.07) is 0. The van der Waals surface area contributed by atoms with E-state index in [9.17, 15) is 0 Å². The first-order valence-electron chi connectivity index (χ1n) is 5.61. The van der Waals surface area contributed by atoms with Gasteiger partial charge in [-0.1, -0.05) is 13.0 Å². The lowest BCUT2D eigenvalue weighted by Gasteiger charge is -2.23. The predicted octanol–water partition coefficient (Wildman–Crippen LogP) is 2.17. The van der Waals surface area contributed by atoms with Gasteiger partial charge in [0.15, 0.2) is 0 Å². The molecule has 0 unspecified atom stereocenters. The second kappa shape index (κ2) is 6.20. The molecule has 1 aliphatic rings. The monoisotopic (exact) mass is 197 g/mol. The van der Waals surface area contributed by atoms with E-state index < -0.39 is 0 Å². The smallest absolute Gasteiger partial charge is 0.0589 e. The Labute approximate surface area is 87.9 Å². The molecular formula is C12H23NO. The zero-order chi connectivity index (χ0) is 10.4. The fourth-order valence-corrected chi connectivity index (χ4v) is 2.24. The standard InChI is InChI=1S/C12H23NO/c1-4-12-6-5-7-13(8-9-14-3)10-11(12)2/h4,11-12H,1,5-10H2,2-3H3/t11-,12-/m1/s1. The van der Waals surface area contributed by atoms with Gasteiger partial charge in [0.2, 0.25) is 0 Å². The van der Waals surface area contributed by atoms with Crippen LogP contribution in [0, 0.1) is 11.8 Å². The van der Waals surface area contributed by atoms with Crippen molar-refractivity contribution in [2.45, 2.75) is 19.8 Å². The molecule has 0 N–H and O–H groups in total. The number of allylic oxidation sites excluding steroid dienone is 1. The number of hydrogen-bond acceptors (Lipinski definition) is 2. The summed E-state index contributed by atoms with van der Waals surface area (Å²) in [4.78, 5) is 2.51. The fourth-order valence-electron chi connectivity index (χ4n) is 2.24. The van der Waals surface area contributed by atoms with Crippen LogP contribution in [-0.4, -0.2) is 38.3 Å². The average molecular weight is 197 g/mol. The summed E-state index contributed by atoms with van der Waals surface area (Å²) < 4.78 is 5.11. The number of rotatable bonds is 4. The molecule has 0 saturated carbocycles. The third-order valence-electron chi connectivity index (χ3n) is 3.20. The molecule has 0 amide bonds. The Morgan fingerprint density at radius 1 is 1.57 bits per heavy atom. The minimum absolute atomic E-state index is 0.711. The second-order valence-corrected chi connectivity index (χ2v) is 4.31. The van der Waals surface area contributed by atoms with Gasteiger partial charge in [-0.2, -0.15) is 0 Å². The zero-order valence-electron chi connectivity index (χ0n) is 9.54. The van der Waals surface area contributed by atoms with Gasteiger partial charge in [0.05, 0.1) is 6.61 Å². The SMILES string of the molecule is C=C[C@@H]1CCCN(CCOC)C[C@H]1C. The van der Waals surface area contributed by atoms with E-state index in [-0.39, 0.29) is 0 Å². The van der Waals surface area contributed by atoms with Crippen LogP contribution < -0.4 is 0 Å². The van der Waals surface area contributed by atoms with Gasteiger partial charge in [-0.25, -0.2) is 0 Å². The van der Waals surface area contributed by atoms with Gasteiger partial charge in [-0.3, -0.25) is 0 Å². The molecule has 0 aliphatic carbocycles. The van der Waals surface area contributed by atoms with Crippen molar-refractivity contribution in [3.63, 3.8) is 0 Å². The fraction of sp³-hybridized carbons (Fsp3) is 0.833. The van der Waals surface area contributed by atoms with E-state index in [4.69, 9.17) is 4.74 Å². The minimum atomic E-state index is 0.711. The molecule has 1 saturated heterocycles. The number of ether oxygens (including phenoxy) is 1. The first-order valence-corrected chi connectivity index (χ1v) is 5.61. The van der Waals surface area contributed by atoms with Crippen LogP contribution in [0.4, 0.5) is 0 Å². The normalized spacial score (nSPS) is 29.9. The maximum absolute atomic E-state index is 5.11. The van der Waals surface area contributed by atoms with Crippen molar-refractivity contribution in [2.75, 3.05) is 33.4 Å². The molecule has 1 fully saturated rings. The van der Waals surface area contributed by atoms with E-state index in [1.807, 2.05) is 0 Å². The summed E-state index contributed by atoms with van der Waals surface area (Å²) in [5.74, 6) is 1.45. The molecule has 1 heterocycles. The van der Waals surface area contributed by atoms with Crippen LogP contribution in [0.5, 0.6) is 0 Å². The van der Waals surface area contributed by atoms with Crippen LogP contribution in [0.3, 0.4) is 0 Å². The summed E-state index contributed by atoms with van der Waals surface area (Å²) in [5, 5.41) is 0. The molecule has 2 heteroatoms. The van der Waals surface area contributed by atoms with E-state index >= 15 is 0 Å². The lowest BCUT2D eigenvalue weighted by Crippen LogP contribution is -2.31. The Morgan fingerprint density at radius 3 is 3.00 bits per heavy atom. The van der Waals surface area contributed by atoms with E-state index in [2.05, 4.69) is 24.5 Å². The van der Waals surface area contributed by atoms with Gasteiger partial charge in [0.25, 0.3) is 0 Å². The maximum atomic E-state index is 5.11. The van der Waals surface area contributed by atoms with Crippen LogP contribution in [-0.2, 0) is 4.74 Å².